The molecule has 1 aliphatic carbocycles. The molecule has 1 fully saturated rings. The van der Waals surface area contributed by atoms with Crippen LogP contribution >= 0.6 is 0 Å². The average molecular weight is 668 g/mol. The molecule has 0 bridgehead atoms. The molecule has 7 aromatic rings. The fourth-order valence-electron chi connectivity index (χ4n) is 9.03. The van der Waals surface area contributed by atoms with E-state index in [0.717, 1.165) is 43.7 Å². The van der Waals surface area contributed by atoms with Crippen molar-refractivity contribution in [3.05, 3.63) is 161 Å². The number of aromatic nitrogens is 1. The minimum absolute atomic E-state index is 0.0211. The Balaban J connectivity index is 1.16. The molecule has 0 saturated carbocycles. The van der Waals surface area contributed by atoms with Crippen LogP contribution in [0.2, 0.25) is 0 Å². The van der Waals surface area contributed by atoms with Crippen molar-refractivity contribution < 1.29 is 9.90 Å². The number of rotatable bonds is 5. The van der Waals surface area contributed by atoms with Crippen LogP contribution < -0.4 is 9.80 Å². The fourth-order valence-corrected chi connectivity index (χ4v) is 9.03. The molecule has 2 unspecified atom stereocenters. The molecule has 9 rings (SSSR count). The minimum Gasteiger partial charge on any atom is -0.478 e. The molecule has 2 aliphatic rings. The van der Waals surface area contributed by atoms with Gasteiger partial charge in [0, 0.05) is 54.6 Å². The van der Waals surface area contributed by atoms with Crippen molar-refractivity contribution in [1.29, 1.82) is 0 Å². The predicted molar refractivity (Wildman–Crippen MR) is 210 cm³/mol. The Morgan fingerprint density at radius 2 is 1.33 bits per heavy atom. The second-order valence-electron chi connectivity index (χ2n) is 14.8. The smallest absolute Gasteiger partial charge is 0.337 e. The minimum atomic E-state index is -0.952. The summed E-state index contributed by atoms with van der Waals surface area (Å²) in [5, 5.41) is 15.9. The normalized spacial score (nSPS) is 18.6. The maximum absolute atomic E-state index is 12.3. The summed E-state index contributed by atoms with van der Waals surface area (Å²) in [6.07, 6.45) is 0.866. The Bertz CT molecular complexity index is 2450. The topological polar surface area (TPSA) is 56.7 Å². The van der Waals surface area contributed by atoms with E-state index in [9.17, 15) is 9.90 Å². The Kier molecular flexibility index (Phi) is 7.54. The van der Waals surface area contributed by atoms with Crippen LogP contribution in [-0.2, 0) is 5.41 Å². The number of carboxylic acid groups (broad SMARTS) is 1. The van der Waals surface area contributed by atoms with Gasteiger partial charge in [0.15, 0.2) is 0 Å². The van der Waals surface area contributed by atoms with Gasteiger partial charge in [-0.05, 0) is 92.4 Å². The van der Waals surface area contributed by atoms with Crippen molar-refractivity contribution in [2.75, 3.05) is 36.0 Å². The number of nitrogens with zero attached hydrogens (tertiary/aromatic N) is 3. The number of anilines is 2. The van der Waals surface area contributed by atoms with Crippen molar-refractivity contribution >= 4 is 49.8 Å². The highest BCUT2D eigenvalue weighted by Gasteiger charge is 2.43. The Morgan fingerprint density at radius 3 is 2.14 bits per heavy atom. The van der Waals surface area contributed by atoms with Gasteiger partial charge in [0.1, 0.15) is 0 Å². The van der Waals surface area contributed by atoms with E-state index in [0.29, 0.717) is 5.52 Å². The van der Waals surface area contributed by atoms with Crippen molar-refractivity contribution in [3.8, 4) is 0 Å². The molecule has 0 radical (unpaired) electrons. The summed E-state index contributed by atoms with van der Waals surface area (Å²) in [5.74, 6) is -0.760. The number of pyridine rings is 1. The number of hydrogen-bond acceptors (Lipinski definition) is 4. The summed E-state index contributed by atoms with van der Waals surface area (Å²) in [5.41, 5.74) is 8.10. The summed E-state index contributed by atoms with van der Waals surface area (Å²) < 4.78 is 0. The third-order valence-electron chi connectivity index (χ3n) is 11.7. The SMILES string of the molecule is CC1(C)c2ccc3c(ccc4ccccc43)c2C(c2ccc3cccc(C(=O)O)c3n2)CC1c1cccc(N2CCN(c3ccccc3)CC2)c1. The Morgan fingerprint density at radius 1 is 0.667 bits per heavy atom. The lowest BCUT2D eigenvalue weighted by Crippen LogP contribution is -2.46. The monoisotopic (exact) mass is 667 g/mol. The van der Waals surface area contributed by atoms with Gasteiger partial charge in [-0.15, -0.1) is 0 Å². The van der Waals surface area contributed by atoms with E-state index in [1.54, 1.807) is 12.1 Å². The molecule has 5 heteroatoms. The summed E-state index contributed by atoms with van der Waals surface area (Å²) in [4.78, 5) is 22.5. The van der Waals surface area contributed by atoms with Crippen molar-refractivity contribution in [2.24, 2.45) is 0 Å². The summed E-state index contributed by atoms with van der Waals surface area (Å²) >= 11 is 0. The molecule has 51 heavy (non-hydrogen) atoms. The molecule has 0 spiro atoms. The number of aromatic carboxylic acids is 1. The van der Waals surface area contributed by atoms with E-state index in [1.165, 1.54) is 49.6 Å². The van der Waals surface area contributed by atoms with Gasteiger partial charge < -0.3 is 14.9 Å². The van der Waals surface area contributed by atoms with Crippen LogP contribution in [0.1, 0.15) is 64.8 Å². The molecule has 1 N–H and O–H groups in total. The maximum Gasteiger partial charge on any atom is 0.337 e. The highest BCUT2D eigenvalue weighted by Crippen LogP contribution is 2.55. The first-order chi connectivity index (χ1) is 24.9. The zero-order valence-electron chi connectivity index (χ0n) is 29.1. The van der Waals surface area contributed by atoms with Gasteiger partial charge in [0.25, 0.3) is 0 Å². The molecule has 6 aromatic carbocycles. The van der Waals surface area contributed by atoms with Gasteiger partial charge in [-0.25, -0.2) is 4.79 Å². The lowest BCUT2D eigenvalue weighted by Gasteiger charge is -2.45. The van der Waals surface area contributed by atoms with Gasteiger partial charge >= 0.3 is 5.97 Å². The number of hydrogen-bond donors (Lipinski definition) is 1. The standard InChI is InChI=1S/C46H41N3O2/c1-46(2)40-22-21-36-35-16-7-6-10-30(35)18-20-37(36)43(40)39(42-23-19-31-11-9-17-38(45(50)51)44(31)47-42)29-41(46)32-12-8-15-34(28-32)49-26-24-48(25-27-49)33-13-4-3-5-14-33/h3-23,28,39,41H,24-27,29H2,1-2H3,(H,50,51). The van der Waals surface area contributed by atoms with E-state index in [4.69, 9.17) is 4.98 Å². The van der Waals surface area contributed by atoms with Crippen molar-refractivity contribution in [3.63, 3.8) is 0 Å². The number of fused-ring (bicyclic) bond motifs is 6. The van der Waals surface area contributed by atoms with E-state index < -0.39 is 5.97 Å². The van der Waals surface area contributed by atoms with Gasteiger partial charge in [-0.3, -0.25) is 4.98 Å². The van der Waals surface area contributed by atoms with Gasteiger partial charge in [0.2, 0.25) is 0 Å². The number of para-hydroxylation sites is 2. The summed E-state index contributed by atoms with van der Waals surface area (Å²) in [7, 11) is 0. The molecule has 5 nitrogen and oxygen atoms in total. The first-order valence-electron chi connectivity index (χ1n) is 18.1. The number of piperazine rings is 1. The molecule has 1 aliphatic heterocycles. The van der Waals surface area contributed by atoms with Crippen LogP contribution in [0, 0.1) is 0 Å². The van der Waals surface area contributed by atoms with E-state index in [1.807, 2.05) is 6.07 Å². The van der Waals surface area contributed by atoms with Crippen LogP contribution in [0.3, 0.4) is 0 Å². The van der Waals surface area contributed by atoms with Crippen molar-refractivity contribution in [2.45, 2.75) is 37.5 Å². The summed E-state index contributed by atoms with van der Waals surface area (Å²) in [6, 6.07) is 47.4. The molecular weight excluding hydrogens is 627 g/mol. The number of carbonyl (C=O) groups is 1. The summed E-state index contributed by atoms with van der Waals surface area (Å²) in [6.45, 7) is 8.75. The third kappa shape index (κ3) is 5.31. The number of carboxylic acids is 1. The molecule has 2 atom stereocenters. The third-order valence-corrected chi connectivity index (χ3v) is 11.7. The zero-order valence-corrected chi connectivity index (χ0v) is 29.1. The second-order valence-corrected chi connectivity index (χ2v) is 14.8. The van der Waals surface area contributed by atoms with Crippen molar-refractivity contribution in [1.82, 2.24) is 4.98 Å². The second kappa shape index (κ2) is 12.3. The largest absolute Gasteiger partial charge is 0.478 e. The predicted octanol–water partition coefficient (Wildman–Crippen LogP) is 10.2. The maximum atomic E-state index is 12.3. The molecule has 2 heterocycles. The lowest BCUT2D eigenvalue weighted by molar-refractivity contribution is 0.0699. The molecule has 1 saturated heterocycles. The van der Waals surface area contributed by atoms with Gasteiger partial charge in [-0.2, -0.15) is 0 Å². The van der Waals surface area contributed by atoms with Crippen LogP contribution in [0.5, 0.6) is 0 Å². The highest BCUT2D eigenvalue weighted by molar-refractivity contribution is 6.09. The Hall–Kier alpha value is -5.68. The molecule has 252 valence electrons. The van der Waals surface area contributed by atoms with Crippen LogP contribution in [0.4, 0.5) is 11.4 Å². The number of benzene rings is 6. The van der Waals surface area contributed by atoms with E-state index in [2.05, 4.69) is 139 Å². The van der Waals surface area contributed by atoms with Gasteiger partial charge in [-0.1, -0.05) is 111 Å². The van der Waals surface area contributed by atoms with E-state index in [-0.39, 0.29) is 22.8 Å². The zero-order chi connectivity index (χ0) is 34.7. The quantitative estimate of drug-likeness (QED) is 0.185. The molecule has 0 amide bonds. The highest BCUT2D eigenvalue weighted by atomic mass is 16.4. The first kappa shape index (κ1) is 31.3. The molecular formula is C46H41N3O2. The van der Waals surface area contributed by atoms with Gasteiger partial charge in [0.05, 0.1) is 11.1 Å². The first-order valence-corrected chi connectivity index (χ1v) is 18.1. The van der Waals surface area contributed by atoms with Crippen LogP contribution in [0.15, 0.2) is 133 Å². The fraction of sp³-hybridized carbons (Fsp3) is 0.217. The Labute approximate surface area is 298 Å². The van der Waals surface area contributed by atoms with Crippen LogP contribution in [0.25, 0.3) is 32.4 Å². The molecule has 1 aromatic heterocycles. The van der Waals surface area contributed by atoms with E-state index >= 15 is 0 Å². The lowest BCUT2D eigenvalue weighted by atomic mass is 9.59. The average Bonchev–Trinajstić information content (AvgIpc) is 3.17. The van der Waals surface area contributed by atoms with Crippen LogP contribution in [-0.4, -0.2) is 42.2 Å².